The number of thiazole rings is 1. The fraction of sp³-hybridized carbons (Fsp3) is 0.688. The van der Waals surface area contributed by atoms with Crippen molar-refractivity contribution >= 4 is 28.3 Å². The molecule has 0 unspecified atom stereocenters. The minimum Gasteiger partial charge on any atom is -0.372 e. The molecule has 0 spiro atoms. The molecule has 2 heterocycles. The van der Waals surface area contributed by atoms with Crippen LogP contribution in [0.15, 0.2) is 11.6 Å². The number of rotatable bonds is 7. The number of nitrogens with one attached hydrogen (secondary N) is 2. The summed E-state index contributed by atoms with van der Waals surface area (Å²) < 4.78 is 5.20. The van der Waals surface area contributed by atoms with E-state index in [9.17, 15) is 9.59 Å². The number of amides is 2. The lowest BCUT2D eigenvalue weighted by atomic mass is 9.86. The number of hydrogen-bond donors (Lipinski definition) is 2. The van der Waals surface area contributed by atoms with Crippen LogP contribution >= 0.6 is 11.3 Å². The van der Waals surface area contributed by atoms with E-state index >= 15 is 0 Å². The first-order valence-electron chi connectivity index (χ1n) is 8.47. The van der Waals surface area contributed by atoms with Crippen LogP contribution in [0, 0.1) is 0 Å². The van der Waals surface area contributed by atoms with Crippen LogP contribution in [0.5, 0.6) is 0 Å². The zero-order valence-electron chi connectivity index (χ0n) is 13.9. The summed E-state index contributed by atoms with van der Waals surface area (Å²) in [6.45, 7) is 3.59. The average Bonchev–Trinajstić information content (AvgIpc) is 3.26. The number of hydrogen-bond acceptors (Lipinski definition) is 6. The summed E-state index contributed by atoms with van der Waals surface area (Å²) in [5, 5.41) is 9.07. The van der Waals surface area contributed by atoms with Crippen molar-refractivity contribution in [1.82, 2.24) is 15.2 Å². The molecule has 24 heavy (non-hydrogen) atoms. The number of aromatic nitrogens is 1. The molecule has 3 rings (SSSR count). The molecule has 1 aliphatic carbocycles. The molecule has 1 saturated carbocycles. The van der Waals surface area contributed by atoms with Crippen LogP contribution < -0.4 is 10.6 Å². The van der Waals surface area contributed by atoms with Gasteiger partial charge in [0.2, 0.25) is 11.8 Å². The van der Waals surface area contributed by atoms with Gasteiger partial charge in [0.25, 0.3) is 0 Å². The van der Waals surface area contributed by atoms with Gasteiger partial charge < -0.3 is 20.3 Å². The van der Waals surface area contributed by atoms with Gasteiger partial charge in [0.15, 0.2) is 5.13 Å². The second-order valence-corrected chi connectivity index (χ2v) is 7.20. The number of ether oxygens (including phenoxy) is 1. The number of carbonyl (C=O) groups is 2. The van der Waals surface area contributed by atoms with Crippen LogP contribution in [0.25, 0.3) is 0 Å². The van der Waals surface area contributed by atoms with Crippen molar-refractivity contribution in [1.29, 1.82) is 0 Å². The number of carbonyl (C=O) groups excluding carboxylic acids is 2. The lowest BCUT2D eigenvalue weighted by Crippen LogP contribution is -2.59. The Bertz CT molecular complexity index is 566. The van der Waals surface area contributed by atoms with E-state index in [2.05, 4.69) is 15.6 Å². The summed E-state index contributed by atoms with van der Waals surface area (Å²) >= 11 is 1.48. The molecule has 1 aliphatic heterocycles. The molecule has 0 atom stereocenters. The van der Waals surface area contributed by atoms with Gasteiger partial charge in [-0.2, -0.15) is 0 Å². The van der Waals surface area contributed by atoms with Gasteiger partial charge in [-0.05, 0) is 32.6 Å². The molecule has 1 saturated heterocycles. The summed E-state index contributed by atoms with van der Waals surface area (Å²) in [5.41, 5.74) is -0.692. The van der Waals surface area contributed by atoms with Gasteiger partial charge in [-0.3, -0.25) is 9.59 Å². The Kier molecular flexibility index (Phi) is 5.35. The van der Waals surface area contributed by atoms with E-state index in [1.807, 2.05) is 12.3 Å². The first-order valence-corrected chi connectivity index (χ1v) is 9.35. The maximum atomic E-state index is 12.8. The standard InChI is InChI=1S/C16H24N4O3S/c1-2-23-11-13(21)20-8-5-16(6-9-20,14(22)18-12-3-4-12)19-15-17-7-10-24-15/h7,10,12H,2-6,8-9,11H2,1H3,(H,17,19)(H,18,22). The van der Waals surface area contributed by atoms with Crippen LogP contribution in [0.1, 0.15) is 32.6 Å². The molecule has 0 bridgehead atoms. The zero-order chi connectivity index (χ0) is 17.0. The molecule has 0 aromatic carbocycles. The molecular weight excluding hydrogens is 328 g/mol. The van der Waals surface area contributed by atoms with Gasteiger partial charge in [-0.15, -0.1) is 11.3 Å². The van der Waals surface area contributed by atoms with Crippen molar-refractivity contribution in [2.24, 2.45) is 0 Å². The first kappa shape index (κ1) is 17.2. The lowest BCUT2D eigenvalue weighted by Gasteiger charge is -2.41. The summed E-state index contributed by atoms with van der Waals surface area (Å²) in [6, 6.07) is 0.310. The van der Waals surface area contributed by atoms with Gasteiger partial charge >= 0.3 is 0 Å². The fourth-order valence-electron chi connectivity index (χ4n) is 2.87. The number of likely N-dealkylation sites (tertiary alicyclic amines) is 1. The highest BCUT2D eigenvalue weighted by atomic mass is 32.1. The van der Waals surface area contributed by atoms with Gasteiger partial charge in [0.1, 0.15) is 12.1 Å². The minimum absolute atomic E-state index is 0.0118. The van der Waals surface area contributed by atoms with Crippen molar-refractivity contribution in [3.8, 4) is 0 Å². The third kappa shape index (κ3) is 4.05. The smallest absolute Gasteiger partial charge is 0.248 e. The Morgan fingerprint density at radius 2 is 2.17 bits per heavy atom. The Balaban J connectivity index is 1.65. The molecule has 2 N–H and O–H groups in total. The molecular formula is C16H24N4O3S. The quantitative estimate of drug-likeness (QED) is 0.771. The SMILES string of the molecule is CCOCC(=O)N1CCC(Nc2nccs2)(C(=O)NC2CC2)CC1. The number of anilines is 1. The van der Waals surface area contributed by atoms with Crippen LogP contribution in [-0.4, -0.2) is 59.6 Å². The molecule has 2 fully saturated rings. The van der Waals surface area contributed by atoms with E-state index in [1.165, 1.54) is 11.3 Å². The Morgan fingerprint density at radius 1 is 1.42 bits per heavy atom. The third-order valence-corrected chi connectivity index (χ3v) is 5.21. The molecule has 1 aromatic rings. The van der Waals surface area contributed by atoms with Crippen LogP contribution in [0.4, 0.5) is 5.13 Å². The monoisotopic (exact) mass is 352 g/mol. The maximum absolute atomic E-state index is 12.8. The number of nitrogens with zero attached hydrogens (tertiary/aromatic N) is 2. The summed E-state index contributed by atoms with van der Waals surface area (Å²) in [7, 11) is 0. The van der Waals surface area contributed by atoms with Crippen molar-refractivity contribution < 1.29 is 14.3 Å². The third-order valence-electron chi connectivity index (χ3n) is 4.53. The largest absolute Gasteiger partial charge is 0.372 e. The van der Waals surface area contributed by atoms with Gasteiger partial charge in [-0.1, -0.05) is 0 Å². The summed E-state index contributed by atoms with van der Waals surface area (Å²) in [4.78, 5) is 31.0. The predicted molar refractivity (Wildman–Crippen MR) is 91.9 cm³/mol. The highest BCUT2D eigenvalue weighted by molar-refractivity contribution is 7.13. The lowest BCUT2D eigenvalue weighted by molar-refractivity contribution is -0.139. The van der Waals surface area contributed by atoms with Crippen LogP contribution in [0.2, 0.25) is 0 Å². The highest BCUT2D eigenvalue weighted by Gasteiger charge is 2.44. The van der Waals surface area contributed by atoms with E-state index in [4.69, 9.17) is 4.74 Å². The minimum atomic E-state index is -0.692. The molecule has 1 aromatic heterocycles. The van der Waals surface area contributed by atoms with Gasteiger partial charge in [0, 0.05) is 37.3 Å². The maximum Gasteiger partial charge on any atom is 0.248 e. The van der Waals surface area contributed by atoms with Gasteiger partial charge in [-0.25, -0.2) is 4.98 Å². The van der Waals surface area contributed by atoms with E-state index < -0.39 is 5.54 Å². The molecule has 2 aliphatic rings. The topological polar surface area (TPSA) is 83.6 Å². The summed E-state index contributed by atoms with van der Waals surface area (Å²) in [5.74, 6) is 0.0133. The fourth-order valence-corrected chi connectivity index (χ4v) is 3.50. The van der Waals surface area contributed by atoms with Crippen LogP contribution in [-0.2, 0) is 14.3 Å². The van der Waals surface area contributed by atoms with Crippen molar-refractivity contribution in [2.45, 2.75) is 44.2 Å². The average molecular weight is 352 g/mol. The predicted octanol–water partition coefficient (Wildman–Crippen LogP) is 1.23. The van der Waals surface area contributed by atoms with E-state index in [0.717, 1.165) is 18.0 Å². The van der Waals surface area contributed by atoms with Gasteiger partial charge in [0.05, 0.1) is 0 Å². The second kappa shape index (κ2) is 7.48. The molecule has 132 valence electrons. The van der Waals surface area contributed by atoms with E-state index in [-0.39, 0.29) is 18.4 Å². The van der Waals surface area contributed by atoms with Crippen LogP contribution in [0.3, 0.4) is 0 Å². The zero-order valence-corrected chi connectivity index (χ0v) is 14.7. The number of piperidine rings is 1. The Morgan fingerprint density at radius 3 is 2.75 bits per heavy atom. The second-order valence-electron chi connectivity index (χ2n) is 6.31. The molecule has 8 heteroatoms. The first-order chi connectivity index (χ1) is 11.6. The Hall–Kier alpha value is -1.67. The van der Waals surface area contributed by atoms with Crippen molar-refractivity contribution in [2.75, 3.05) is 31.6 Å². The van der Waals surface area contributed by atoms with Crippen molar-refractivity contribution in [3.05, 3.63) is 11.6 Å². The highest BCUT2D eigenvalue weighted by Crippen LogP contribution is 2.30. The van der Waals surface area contributed by atoms with E-state index in [0.29, 0.717) is 38.6 Å². The Labute approximate surface area is 145 Å². The van der Waals surface area contributed by atoms with Crippen molar-refractivity contribution in [3.63, 3.8) is 0 Å². The molecule has 7 nitrogen and oxygen atoms in total. The normalized spacial score (nSPS) is 19.8. The van der Waals surface area contributed by atoms with E-state index in [1.54, 1.807) is 11.1 Å². The molecule has 0 radical (unpaired) electrons. The molecule has 2 amide bonds. The summed E-state index contributed by atoms with van der Waals surface area (Å²) in [6.07, 6.45) is 4.97.